The summed E-state index contributed by atoms with van der Waals surface area (Å²) in [4.78, 5) is 0. The molecular weight excluding hydrogens is 515 g/mol. The third-order valence-corrected chi connectivity index (χ3v) is 14.3. The van der Waals surface area contributed by atoms with E-state index in [1.165, 1.54) is 99.3 Å². The normalized spacial score (nSPS) is 34.7. The van der Waals surface area contributed by atoms with Gasteiger partial charge >= 0.3 is 0 Å². The minimum atomic E-state index is -0.496. The molecule has 8 unspecified atom stereocenters. The van der Waals surface area contributed by atoms with Gasteiger partial charge in [0.2, 0.25) is 0 Å². The fraction of sp³-hybridized carbons (Fsp3) is 0.526. The summed E-state index contributed by atoms with van der Waals surface area (Å²) in [6, 6.07) is 33.2. The maximum atomic E-state index is 3.23. The zero-order valence-electron chi connectivity index (χ0n) is 24.9. The number of benzene rings is 3. The van der Waals surface area contributed by atoms with Crippen LogP contribution in [-0.4, -0.2) is 33.5 Å². The standard InChI is InChI=1S/C38H47N2P/c1-2-3-19-34-33-20-11-13-22-36(33)40-38(34)37-26-29-18-10-12-21-35(29)39(37)41(40)32-24-30(27-14-6-4-7-15-27)23-31(25-32)28-16-8-5-9-17-28/h4-9,14-17,23-25,29,33-38H,2-3,10-13,18-22,26H2,1H3. The summed E-state index contributed by atoms with van der Waals surface area (Å²) in [5, 5.41) is 1.62. The number of rotatable bonds is 6. The molecule has 3 aromatic carbocycles. The van der Waals surface area contributed by atoms with Crippen LogP contribution < -0.4 is 5.30 Å². The third kappa shape index (κ3) is 4.56. The van der Waals surface area contributed by atoms with Gasteiger partial charge in [0.25, 0.3) is 0 Å². The first-order valence-electron chi connectivity index (χ1n) is 16.9. The highest BCUT2D eigenvalue weighted by Crippen LogP contribution is 2.69. The largest absolute Gasteiger partial charge is 0.258 e. The zero-order chi connectivity index (χ0) is 27.3. The molecule has 0 amide bonds. The van der Waals surface area contributed by atoms with Crippen LogP contribution in [0, 0.1) is 17.8 Å². The van der Waals surface area contributed by atoms with Gasteiger partial charge in [0, 0.05) is 29.5 Å². The Bertz CT molecular complexity index is 1280. The molecule has 3 heterocycles. The lowest BCUT2D eigenvalue weighted by Crippen LogP contribution is -2.39. The van der Waals surface area contributed by atoms with E-state index in [0.29, 0.717) is 0 Å². The van der Waals surface area contributed by atoms with Crippen LogP contribution in [0.1, 0.15) is 84.0 Å². The van der Waals surface area contributed by atoms with Gasteiger partial charge in [-0.1, -0.05) is 106 Å². The average molecular weight is 563 g/mol. The van der Waals surface area contributed by atoms with Crippen molar-refractivity contribution < 1.29 is 0 Å². The molecule has 2 saturated carbocycles. The minimum Gasteiger partial charge on any atom is -0.258 e. The summed E-state index contributed by atoms with van der Waals surface area (Å²) in [6.45, 7) is 2.41. The van der Waals surface area contributed by atoms with Crippen molar-refractivity contribution in [3.05, 3.63) is 78.9 Å². The lowest BCUT2D eigenvalue weighted by Gasteiger charge is -2.41. The summed E-state index contributed by atoms with van der Waals surface area (Å²) in [7, 11) is -0.496. The Hall–Kier alpha value is -1.99. The van der Waals surface area contributed by atoms with E-state index >= 15 is 0 Å². The summed E-state index contributed by atoms with van der Waals surface area (Å²) >= 11 is 0. The minimum absolute atomic E-state index is 0.496. The van der Waals surface area contributed by atoms with E-state index in [1.54, 1.807) is 5.30 Å². The van der Waals surface area contributed by atoms with Crippen molar-refractivity contribution >= 4 is 13.5 Å². The molecular formula is C38H47N2P. The van der Waals surface area contributed by atoms with Crippen LogP contribution in [0.5, 0.6) is 0 Å². The molecule has 8 atom stereocenters. The van der Waals surface area contributed by atoms with E-state index in [1.807, 2.05) is 0 Å². The first kappa shape index (κ1) is 26.6. The Morgan fingerprint density at radius 3 is 1.98 bits per heavy atom. The molecule has 3 saturated heterocycles. The van der Waals surface area contributed by atoms with Crippen LogP contribution >= 0.6 is 8.22 Å². The van der Waals surface area contributed by atoms with Crippen molar-refractivity contribution in [3.63, 3.8) is 0 Å². The molecule has 3 heteroatoms. The van der Waals surface area contributed by atoms with Crippen molar-refractivity contribution in [2.45, 2.75) is 108 Å². The van der Waals surface area contributed by atoms with Crippen LogP contribution in [0.2, 0.25) is 0 Å². The smallest absolute Gasteiger partial charge is 0.0736 e. The van der Waals surface area contributed by atoms with Crippen molar-refractivity contribution in [1.29, 1.82) is 0 Å². The molecule has 0 spiro atoms. The second kappa shape index (κ2) is 11.3. The highest BCUT2D eigenvalue weighted by molar-refractivity contribution is 7.61. The molecule has 5 fully saturated rings. The van der Waals surface area contributed by atoms with E-state index in [4.69, 9.17) is 0 Å². The van der Waals surface area contributed by atoms with Crippen molar-refractivity contribution in [3.8, 4) is 22.3 Å². The lowest BCUT2D eigenvalue weighted by molar-refractivity contribution is 0.213. The van der Waals surface area contributed by atoms with E-state index in [2.05, 4.69) is 95.1 Å². The van der Waals surface area contributed by atoms with Gasteiger partial charge in [-0.3, -0.25) is 9.34 Å². The molecule has 3 aromatic rings. The fourth-order valence-electron chi connectivity index (χ4n) is 9.95. The van der Waals surface area contributed by atoms with Gasteiger partial charge in [0.1, 0.15) is 0 Å². The van der Waals surface area contributed by atoms with E-state index in [0.717, 1.165) is 41.9 Å². The first-order chi connectivity index (χ1) is 20.3. The number of unbranched alkanes of at least 4 members (excludes halogenated alkanes) is 1. The lowest BCUT2D eigenvalue weighted by atomic mass is 9.74. The van der Waals surface area contributed by atoms with E-state index < -0.39 is 8.22 Å². The van der Waals surface area contributed by atoms with Crippen molar-refractivity contribution in [2.75, 3.05) is 0 Å². The van der Waals surface area contributed by atoms with Crippen molar-refractivity contribution in [1.82, 2.24) is 9.34 Å². The topological polar surface area (TPSA) is 6.48 Å². The Labute approximate surface area is 249 Å². The quantitative estimate of drug-likeness (QED) is 0.276. The van der Waals surface area contributed by atoms with Crippen LogP contribution in [0.25, 0.3) is 22.3 Å². The van der Waals surface area contributed by atoms with Crippen LogP contribution in [0.3, 0.4) is 0 Å². The molecule has 214 valence electrons. The maximum absolute atomic E-state index is 3.23. The summed E-state index contributed by atoms with van der Waals surface area (Å²) in [5.74, 6) is 2.77. The van der Waals surface area contributed by atoms with Gasteiger partial charge in [-0.05, 0) is 96.7 Å². The van der Waals surface area contributed by atoms with E-state index in [9.17, 15) is 0 Å². The Kier molecular flexibility index (Phi) is 7.31. The molecule has 0 aromatic heterocycles. The molecule has 2 nitrogen and oxygen atoms in total. The summed E-state index contributed by atoms with van der Waals surface area (Å²) < 4.78 is 6.43. The van der Waals surface area contributed by atoms with Gasteiger partial charge in [0.15, 0.2) is 0 Å². The highest BCUT2D eigenvalue weighted by Gasteiger charge is 2.64. The number of fused-ring (bicyclic) bond motifs is 7. The Balaban J connectivity index is 1.29. The van der Waals surface area contributed by atoms with Gasteiger partial charge in [-0.25, -0.2) is 0 Å². The first-order valence-corrected chi connectivity index (χ1v) is 18.2. The monoisotopic (exact) mass is 562 g/mol. The number of nitrogens with zero attached hydrogens (tertiary/aromatic N) is 2. The third-order valence-electron chi connectivity index (χ3n) is 11.6. The molecule has 41 heavy (non-hydrogen) atoms. The molecule has 0 bridgehead atoms. The molecule has 0 radical (unpaired) electrons. The predicted molar refractivity (Wildman–Crippen MR) is 174 cm³/mol. The highest BCUT2D eigenvalue weighted by atomic mass is 31.1. The summed E-state index contributed by atoms with van der Waals surface area (Å²) in [5.41, 5.74) is 5.49. The van der Waals surface area contributed by atoms with E-state index in [-0.39, 0.29) is 0 Å². The van der Waals surface area contributed by atoms with Crippen molar-refractivity contribution in [2.24, 2.45) is 17.8 Å². The molecule has 2 aliphatic carbocycles. The molecule has 0 N–H and O–H groups in total. The second-order valence-corrected chi connectivity index (χ2v) is 15.8. The van der Waals surface area contributed by atoms with Gasteiger partial charge in [-0.15, -0.1) is 0 Å². The number of hydrogen-bond acceptors (Lipinski definition) is 2. The molecule has 5 aliphatic rings. The molecule has 3 aliphatic heterocycles. The maximum Gasteiger partial charge on any atom is 0.0736 e. The van der Waals surface area contributed by atoms with Crippen LogP contribution in [0.15, 0.2) is 78.9 Å². The second-order valence-electron chi connectivity index (χ2n) is 13.8. The van der Waals surface area contributed by atoms with Crippen LogP contribution in [0.4, 0.5) is 0 Å². The Morgan fingerprint density at radius 2 is 1.29 bits per heavy atom. The van der Waals surface area contributed by atoms with Gasteiger partial charge in [0.05, 0.1) is 8.22 Å². The molecule has 8 rings (SSSR count). The average Bonchev–Trinajstić information content (AvgIpc) is 3.67. The summed E-state index contributed by atoms with van der Waals surface area (Å²) in [6.07, 6.45) is 17.3. The number of hydrogen-bond donors (Lipinski definition) is 0. The zero-order valence-corrected chi connectivity index (χ0v) is 25.8. The van der Waals surface area contributed by atoms with Gasteiger partial charge < -0.3 is 0 Å². The SMILES string of the molecule is CCCCC1C2CCCCC2N2C1C1CC3CCCCC3N1P2c1cc(-c2ccccc2)cc(-c2ccccc2)c1. The predicted octanol–water partition coefficient (Wildman–Crippen LogP) is 9.65. The van der Waals surface area contributed by atoms with Crippen LogP contribution in [-0.2, 0) is 0 Å². The Morgan fingerprint density at radius 1 is 0.659 bits per heavy atom. The van der Waals surface area contributed by atoms with Gasteiger partial charge in [-0.2, -0.15) is 0 Å². The fourth-order valence-corrected chi connectivity index (χ4v) is 13.5.